The smallest absolute Gasteiger partial charge is 0.325 e. The second kappa shape index (κ2) is 10.2. The lowest BCUT2D eigenvalue weighted by molar-refractivity contribution is -0.139. The van der Waals surface area contributed by atoms with Gasteiger partial charge >= 0.3 is 16.1 Å². The zero-order valence-electron chi connectivity index (χ0n) is 16.1. The Morgan fingerprint density at radius 1 is 0.857 bits per heavy atom. The normalized spacial score (nSPS) is 21.1. The number of carbonyl (C=O) groups excluding carboxylic acids is 2. The van der Waals surface area contributed by atoms with E-state index in [9.17, 15) is 26.4 Å². The first-order chi connectivity index (χ1) is 13.2. The molecule has 0 amide bonds. The Bertz CT molecular complexity index is 730. The lowest BCUT2D eigenvalue weighted by Gasteiger charge is -2.30. The monoisotopic (exact) mass is 438 g/mol. The highest BCUT2D eigenvalue weighted by molar-refractivity contribution is 7.87. The molecule has 0 atom stereocenters. The fourth-order valence-corrected chi connectivity index (χ4v) is 6.18. The summed E-state index contributed by atoms with van der Waals surface area (Å²) >= 11 is 0. The molecular weight excluding hydrogens is 408 g/mol. The number of hydrogen-bond donors (Lipinski definition) is 0. The van der Waals surface area contributed by atoms with Gasteiger partial charge in [0.05, 0.1) is 17.4 Å². The predicted molar refractivity (Wildman–Crippen MR) is 102 cm³/mol. The van der Waals surface area contributed by atoms with Crippen LogP contribution in [0.4, 0.5) is 0 Å². The minimum atomic E-state index is -4.03. The van der Waals surface area contributed by atoms with Crippen LogP contribution in [-0.2, 0) is 38.2 Å². The fourth-order valence-electron chi connectivity index (χ4n) is 3.80. The van der Waals surface area contributed by atoms with Gasteiger partial charge in [-0.25, -0.2) is 0 Å². The molecule has 0 N–H and O–H groups in total. The van der Waals surface area contributed by atoms with Crippen LogP contribution in [0, 0.1) is 5.92 Å². The molecular formula is C18H30O8S2. The third-order valence-electron chi connectivity index (χ3n) is 5.39. The van der Waals surface area contributed by atoms with Crippen molar-refractivity contribution in [2.24, 2.45) is 5.92 Å². The molecule has 0 bridgehead atoms. The molecule has 0 saturated heterocycles. The third-order valence-corrected chi connectivity index (χ3v) is 7.98. The van der Waals surface area contributed by atoms with Crippen LogP contribution >= 0.6 is 0 Å². The molecule has 0 aromatic rings. The van der Waals surface area contributed by atoms with Gasteiger partial charge in [-0.15, -0.1) is 0 Å². The highest BCUT2D eigenvalue weighted by atomic mass is 32.2. The van der Waals surface area contributed by atoms with Gasteiger partial charge in [0.1, 0.15) is 5.60 Å². The Morgan fingerprint density at radius 2 is 1.39 bits per heavy atom. The quantitative estimate of drug-likeness (QED) is 0.290. The van der Waals surface area contributed by atoms with Crippen LogP contribution in [0.15, 0.2) is 0 Å². The van der Waals surface area contributed by atoms with Crippen LogP contribution in [-0.4, -0.2) is 46.2 Å². The van der Waals surface area contributed by atoms with Crippen molar-refractivity contribution >= 4 is 32.5 Å². The fraction of sp³-hybridized carbons (Fsp3) is 0.889. The van der Waals surface area contributed by atoms with Gasteiger partial charge in [0.25, 0.3) is 10.1 Å². The number of hydrogen-bond acceptors (Lipinski definition) is 8. The summed E-state index contributed by atoms with van der Waals surface area (Å²) in [5, 5.41) is 0. The lowest BCUT2D eigenvalue weighted by Crippen LogP contribution is -2.39. The summed E-state index contributed by atoms with van der Waals surface area (Å²) in [6.45, 7) is 0. The van der Waals surface area contributed by atoms with Crippen molar-refractivity contribution in [3.63, 3.8) is 0 Å². The van der Waals surface area contributed by atoms with Crippen LogP contribution in [0.5, 0.6) is 0 Å². The summed E-state index contributed by atoms with van der Waals surface area (Å²) in [7, 11) is -7.98. The van der Waals surface area contributed by atoms with Crippen molar-refractivity contribution in [1.29, 1.82) is 0 Å². The Hall–Kier alpha value is -1.00. The Morgan fingerprint density at radius 3 is 1.96 bits per heavy atom. The minimum Gasteiger partial charge on any atom is -0.345 e. The average Bonchev–Trinajstić information content (AvgIpc) is 2.66. The number of unbranched alkanes of at least 4 members (excludes halogenated alkanes) is 1. The van der Waals surface area contributed by atoms with E-state index in [1.165, 1.54) is 0 Å². The predicted octanol–water partition coefficient (Wildman–Crippen LogP) is 2.47. The van der Waals surface area contributed by atoms with E-state index in [0.717, 1.165) is 38.5 Å². The Kier molecular flexibility index (Phi) is 8.44. The highest BCUT2D eigenvalue weighted by Crippen LogP contribution is 2.31. The maximum absolute atomic E-state index is 12.2. The highest BCUT2D eigenvalue weighted by Gasteiger charge is 2.37. The molecule has 28 heavy (non-hydrogen) atoms. The standard InChI is InChI=1S/C18H30O8S2/c19-15-18(11-5-2-6-12-18)26-28(23,24)14-8-7-13-27(21,22)25-17(20)16-9-3-1-4-10-16/h15-16H,1-14H2. The van der Waals surface area contributed by atoms with Crippen molar-refractivity contribution in [2.75, 3.05) is 11.5 Å². The van der Waals surface area contributed by atoms with E-state index < -0.39 is 37.6 Å². The van der Waals surface area contributed by atoms with Gasteiger partial charge in [0.2, 0.25) is 0 Å². The van der Waals surface area contributed by atoms with Crippen LogP contribution in [0.3, 0.4) is 0 Å². The topological polar surface area (TPSA) is 121 Å². The minimum absolute atomic E-state index is 0.0248. The van der Waals surface area contributed by atoms with Crippen molar-refractivity contribution < 1.29 is 34.8 Å². The SMILES string of the molecule is O=CC1(OS(=O)(=O)CCCCS(=O)(=O)OC(=O)C2CCCCC2)CCCCC1. The first-order valence-electron chi connectivity index (χ1n) is 10.0. The van der Waals surface area contributed by atoms with Gasteiger partial charge in [-0.2, -0.15) is 16.8 Å². The van der Waals surface area contributed by atoms with E-state index in [1.807, 2.05) is 0 Å². The molecule has 0 unspecified atom stereocenters. The van der Waals surface area contributed by atoms with Crippen molar-refractivity contribution in [1.82, 2.24) is 0 Å². The van der Waals surface area contributed by atoms with Crippen molar-refractivity contribution in [2.45, 2.75) is 82.7 Å². The summed E-state index contributed by atoms with van der Waals surface area (Å²) in [5.41, 5.74) is -1.28. The number of aldehydes is 1. The molecule has 0 heterocycles. The summed E-state index contributed by atoms with van der Waals surface area (Å²) in [4.78, 5) is 23.3. The molecule has 2 aliphatic rings. The van der Waals surface area contributed by atoms with E-state index in [4.69, 9.17) is 4.18 Å². The number of rotatable bonds is 10. The lowest BCUT2D eigenvalue weighted by atomic mass is 9.86. The van der Waals surface area contributed by atoms with Gasteiger partial charge in [-0.1, -0.05) is 38.5 Å². The third kappa shape index (κ3) is 7.44. The van der Waals surface area contributed by atoms with E-state index in [1.54, 1.807) is 0 Å². The largest absolute Gasteiger partial charge is 0.345 e. The maximum Gasteiger partial charge on any atom is 0.325 e. The molecule has 8 nitrogen and oxygen atoms in total. The van der Waals surface area contributed by atoms with Gasteiger partial charge in [-0.05, 0) is 38.5 Å². The molecule has 0 spiro atoms. The van der Waals surface area contributed by atoms with Gasteiger partial charge in [0, 0.05) is 0 Å². The van der Waals surface area contributed by atoms with Crippen LogP contribution < -0.4 is 0 Å². The Balaban J connectivity index is 1.75. The van der Waals surface area contributed by atoms with Gasteiger partial charge < -0.3 is 8.98 Å². The molecule has 2 aliphatic carbocycles. The van der Waals surface area contributed by atoms with E-state index in [0.29, 0.717) is 32.0 Å². The van der Waals surface area contributed by atoms with Crippen LogP contribution in [0.25, 0.3) is 0 Å². The molecule has 0 aromatic carbocycles. The van der Waals surface area contributed by atoms with Crippen LogP contribution in [0.1, 0.15) is 77.0 Å². The van der Waals surface area contributed by atoms with E-state index >= 15 is 0 Å². The average molecular weight is 439 g/mol. The number of carbonyl (C=O) groups is 2. The molecule has 2 rings (SSSR count). The van der Waals surface area contributed by atoms with Crippen molar-refractivity contribution in [3.05, 3.63) is 0 Å². The molecule has 10 heteroatoms. The zero-order valence-corrected chi connectivity index (χ0v) is 17.8. The van der Waals surface area contributed by atoms with E-state index in [-0.39, 0.29) is 24.5 Å². The summed E-state index contributed by atoms with van der Waals surface area (Å²) < 4.78 is 58.0. The molecule has 162 valence electrons. The van der Waals surface area contributed by atoms with Crippen LogP contribution in [0.2, 0.25) is 0 Å². The second-order valence-electron chi connectivity index (χ2n) is 7.79. The van der Waals surface area contributed by atoms with Gasteiger partial charge in [-0.3, -0.25) is 8.98 Å². The first-order valence-corrected chi connectivity index (χ1v) is 13.2. The zero-order chi connectivity index (χ0) is 20.7. The molecule has 2 fully saturated rings. The molecule has 2 saturated carbocycles. The van der Waals surface area contributed by atoms with Crippen molar-refractivity contribution in [3.8, 4) is 0 Å². The first kappa shape index (κ1) is 23.3. The Labute approximate surface area is 167 Å². The van der Waals surface area contributed by atoms with Gasteiger partial charge in [0.15, 0.2) is 6.29 Å². The summed E-state index contributed by atoms with van der Waals surface area (Å²) in [6.07, 6.45) is 7.90. The summed E-state index contributed by atoms with van der Waals surface area (Å²) in [6, 6.07) is 0. The molecule has 0 aromatic heterocycles. The molecule has 0 aliphatic heterocycles. The van der Waals surface area contributed by atoms with E-state index in [2.05, 4.69) is 4.18 Å². The molecule has 0 radical (unpaired) electrons. The maximum atomic E-state index is 12.2. The second-order valence-corrected chi connectivity index (χ2v) is 11.2. The summed E-state index contributed by atoms with van der Waals surface area (Å²) in [5.74, 6) is -1.89.